The number of methoxy groups -OCH3 is 1. The molecule has 0 amide bonds. The Morgan fingerprint density at radius 2 is 2.10 bits per heavy atom. The van der Waals surface area contributed by atoms with Gasteiger partial charge in [-0.15, -0.1) is 0 Å². The van der Waals surface area contributed by atoms with Crippen molar-refractivity contribution in [3.63, 3.8) is 0 Å². The van der Waals surface area contributed by atoms with Crippen LogP contribution in [0.15, 0.2) is 22.6 Å². The summed E-state index contributed by atoms with van der Waals surface area (Å²) in [5.74, 6) is 1.56. The van der Waals surface area contributed by atoms with Crippen molar-refractivity contribution in [3.8, 4) is 0 Å². The van der Waals surface area contributed by atoms with Crippen LogP contribution in [0.25, 0.3) is 11.0 Å². The van der Waals surface area contributed by atoms with E-state index in [4.69, 9.17) is 9.15 Å². The first-order chi connectivity index (χ1) is 9.71. The van der Waals surface area contributed by atoms with Gasteiger partial charge in [-0.3, -0.25) is 0 Å². The second-order valence-corrected chi connectivity index (χ2v) is 5.28. The minimum Gasteiger partial charge on any atom is -0.459 e. The molecule has 0 aliphatic rings. The zero-order chi connectivity index (χ0) is 14.5. The molecule has 1 N–H and O–H groups in total. The van der Waals surface area contributed by atoms with Crippen molar-refractivity contribution in [1.82, 2.24) is 5.32 Å². The molecule has 3 nitrogen and oxygen atoms in total. The van der Waals surface area contributed by atoms with Gasteiger partial charge in [0.1, 0.15) is 11.3 Å². The zero-order valence-electron chi connectivity index (χ0n) is 13.0. The molecule has 0 fully saturated rings. The summed E-state index contributed by atoms with van der Waals surface area (Å²) in [4.78, 5) is 0. The van der Waals surface area contributed by atoms with Gasteiger partial charge in [0.05, 0.1) is 13.2 Å². The molecule has 1 unspecified atom stereocenters. The Morgan fingerprint density at radius 1 is 1.30 bits per heavy atom. The SMILES string of the molecule is CCNCc1oc2ccc(C(C)CC)cc2c1COC. The Labute approximate surface area is 121 Å². The number of benzene rings is 1. The molecule has 1 aromatic carbocycles. The quantitative estimate of drug-likeness (QED) is 0.822. The molecule has 2 aromatic rings. The van der Waals surface area contributed by atoms with Crippen molar-refractivity contribution in [2.24, 2.45) is 0 Å². The first-order valence-electron chi connectivity index (χ1n) is 7.45. The Bertz CT molecular complexity index is 559. The fourth-order valence-corrected chi connectivity index (χ4v) is 2.44. The van der Waals surface area contributed by atoms with Gasteiger partial charge in [0.25, 0.3) is 0 Å². The van der Waals surface area contributed by atoms with Crippen molar-refractivity contribution in [1.29, 1.82) is 0 Å². The minimum atomic E-state index is 0.571. The smallest absolute Gasteiger partial charge is 0.134 e. The van der Waals surface area contributed by atoms with Crippen LogP contribution >= 0.6 is 0 Å². The van der Waals surface area contributed by atoms with Gasteiger partial charge >= 0.3 is 0 Å². The van der Waals surface area contributed by atoms with E-state index in [1.165, 1.54) is 16.5 Å². The van der Waals surface area contributed by atoms with Gasteiger partial charge in [-0.05, 0) is 36.6 Å². The summed E-state index contributed by atoms with van der Waals surface area (Å²) in [5.41, 5.74) is 3.50. The summed E-state index contributed by atoms with van der Waals surface area (Å²) >= 11 is 0. The number of hydrogen-bond donors (Lipinski definition) is 1. The minimum absolute atomic E-state index is 0.571. The first kappa shape index (κ1) is 15.1. The molecule has 1 atom stereocenters. The van der Waals surface area contributed by atoms with Gasteiger partial charge in [0.15, 0.2) is 0 Å². The van der Waals surface area contributed by atoms with E-state index in [9.17, 15) is 0 Å². The summed E-state index contributed by atoms with van der Waals surface area (Å²) in [6.07, 6.45) is 1.15. The lowest BCUT2D eigenvalue weighted by atomic mass is 9.96. The van der Waals surface area contributed by atoms with Crippen molar-refractivity contribution >= 4 is 11.0 Å². The van der Waals surface area contributed by atoms with Crippen LogP contribution < -0.4 is 5.32 Å². The lowest BCUT2D eigenvalue weighted by Crippen LogP contribution is -2.12. The van der Waals surface area contributed by atoms with E-state index in [0.29, 0.717) is 12.5 Å². The van der Waals surface area contributed by atoms with E-state index in [2.05, 4.69) is 44.3 Å². The van der Waals surface area contributed by atoms with Crippen molar-refractivity contribution in [3.05, 3.63) is 35.1 Å². The maximum absolute atomic E-state index is 5.98. The highest BCUT2D eigenvalue weighted by molar-refractivity contribution is 5.83. The maximum atomic E-state index is 5.98. The van der Waals surface area contributed by atoms with Crippen LogP contribution in [0.3, 0.4) is 0 Å². The Morgan fingerprint density at radius 3 is 2.75 bits per heavy atom. The Kier molecular flexibility index (Phi) is 5.21. The Hall–Kier alpha value is -1.32. The number of fused-ring (bicyclic) bond motifs is 1. The van der Waals surface area contributed by atoms with Crippen LogP contribution in [0.2, 0.25) is 0 Å². The van der Waals surface area contributed by atoms with Crippen LogP contribution in [-0.4, -0.2) is 13.7 Å². The monoisotopic (exact) mass is 275 g/mol. The molecule has 3 heteroatoms. The third-order valence-electron chi connectivity index (χ3n) is 3.90. The van der Waals surface area contributed by atoms with Crippen molar-refractivity contribution in [2.45, 2.75) is 46.3 Å². The largest absolute Gasteiger partial charge is 0.459 e. The Balaban J connectivity index is 2.45. The molecule has 0 spiro atoms. The average molecular weight is 275 g/mol. The van der Waals surface area contributed by atoms with Gasteiger partial charge in [-0.25, -0.2) is 0 Å². The second-order valence-electron chi connectivity index (χ2n) is 5.28. The number of rotatable bonds is 7. The summed E-state index contributed by atoms with van der Waals surface area (Å²) in [7, 11) is 1.73. The van der Waals surface area contributed by atoms with E-state index < -0.39 is 0 Å². The predicted molar refractivity (Wildman–Crippen MR) is 83.0 cm³/mol. The molecule has 0 saturated carbocycles. The molecular weight excluding hydrogens is 250 g/mol. The van der Waals surface area contributed by atoms with Crippen LogP contribution in [0.4, 0.5) is 0 Å². The predicted octanol–water partition coefficient (Wildman–Crippen LogP) is 4.20. The van der Waals surface area contributed by atoms with Crippen LogP contribution in [0.5, 0.6) is 0 Å². The number of furan rings is 1. The topological polar surface area (TPSA) is 34.4 Å². The molecule has 1 aromatic heterocycles. The third kappa shape index (κ3) is 3.05. The molecule has 0 radical (unpaired) electrons. The highest BCUT2D eigenvalue weighted by atomic mass is 16.5. The van der Waals surface area contributed by atoms with E-state index >= 15 is 0 Å². The molecule has 0 saturated heterocycles. The second kappa shape index (κ2) is 6.91. The number of hydrogen-bond acceptors (Lipinski definition) is 3. The van der Waals surface area contributed by atoms with E-state index in [-0.39, 0.29) is 0 Å². The van der Waals surface area contributed by atoms with E-state index in [0.717, 1.165) is 30.9 Å². The highest BCUT2D eigenvalue weighted by Gasteiger charge is 2.15. The molecule has 0 aliphatic carbocycles. The summed E-state index contributed by atoms with van der Waals surface area (Å²) < 4.78 is 11.3. The lowest BCUT2D eigenvalue weighted by molar-refractivity contribution is 0.183. The summed E-state index contributed by atoms with van der Waals surface area (Å²) in [6, 6.07) is 6.52. The fourth-order valence-electron chi connectivity index (χ4n) is 2.44. The first-order valence-corrected chi connectivity index (χ1v) is 7.45. The molecule has 110 valence electrons. The molecular formula is C17H25NO2. The maximum Gasteiger partial charge on any atom is 0.134 e. The van der Waals surface area contributed by atoms with Gasteiger partial charge in [0, 0.05) is 18.1 Å². The van der Waals surface area contributed by atoms with E-state index in [1.54, 1.807) is 7.11 Å². The van der Waals surface area contributed by atoms with Gasteiger partial charge < -0.3 is 14.5 Å². The van der Waals surface area contributed by atoms with Gasteiger partial charge in [0.2, 0.25) is 0 Å². The van der Waals surface area contributed by atoms with Crippen LogP contribution in [-0.2, 0) is 17.9 Å². The standard InChI is InChI=1S/C17H25NO2/c1-5-12(3)13-7-8-16-14(9-13)15(11-19-4)17(20-16)10-18-6-2/h7-9,12,18H,5-6,10-11H2,1-4H3. The molecule has 1 heterocycles. The van der Waals surface area contributed by atoms with Crippen molar-refractivity contribution < 1.29 is 9.15 Å². The van der Waals surface area contributed by atoms with Crippen LogP contribution in [0, 0.1) is 0 Å². The third-order valence-corrected chi connectivity index (χ3v) is 3.90. The zero-order valence-corrected chi connectivity index (χ0v) is 13.0. The number of nitrogens with one attached hydrogen (secondary N) is 1. The summed E-state index contributed by atoms with van der Waals surface area (Å²) in [5, 5.41) is 4.52. The molecule has 20 heavy (non-hydrogen) atoms. The average Bonchev–Trinajstić information content (AvgIpc) is 2.82. The summed E-state index contributed by atoms with van der Waals surface area (Å²) in [6.45, 7) is 8.86. The van der Waals surface area contributed by atoms with Crippen molar-refractivity contribution in [2.75, 3.05) is 13.7 Å². The molecule has 0 aliphatic heterocycles. The highest BCUT2D eigenvalue weighted by Crippen LogP contribution is 2.30. The number of ether oxygens (including phenoxy) is 1. The molecule has 0 bridgehead atoms. The normalized spacial score (nSPS) is 13.0. The van der Waals surface area contributed by atoms with Crippen LogP contribution in [0.1, 0.15) is 50.0 Å². The fraction of sp³-hybridized carbons (Fsp3) is 0.529. The van der Waals surface area contributed by atoms with Gasteiger partial charge in [-0.1, -0.05) is 26.8 Å². The van der Waals surface area contributed by atoms with Gasteiger partial charge in [-0.2, -0.15) is 0 Å². The lowest BCUT2D eigenvalue weighted by Gasteiger charge is -2.08. The molecule has 2 rings (SSSR count). The van der Waals surface area contributed by atoms with E-state index in [1.807, 2.05) is 0 Å².